The molecular formula is C11H16O3. The zero-order chi connectivity index (χ0) is 9.81. The lowest BCUT2D eigenvalue weighted by atomic mass is 9.64. The van der Waals surface area contributed by atoms with E-state index in [1.54, 1.807) is 0 Å². The Labute approximate surface area is 83.8 Å². The Hall–Kier alpha value is -0.570. The fourth-order valence-electron chi connectivity index (χ4n) is 3.44. The predicted molar refractivity (Wildman–Crippen MR) is 49.8 cm³/mol. The molecule has 3 fully saturated rings. The summed E-state index contributed by atoms with van der Waals surface area (Å²) in [5.74, 6) is -0.0668. The summed E-state index contributed by atoms with van der Waals surface area (Å²) in [5, 5.41) is 0. The monoisotopic (exact) mass is 196 g/mol. The van der Waals surface area contributed by atoms with Crippen molar-refractivity contribution in [3.8, 4) is 0 Å². The van der Waals surface area contributed by atoms with E-state index >= 15 is 0 Å². The third-order valence-corrected chi connectivity index (χ3v) is 4.32. The molecule has 3 atom stereocenters. The van der Waals surface area contributed by atoms with Gasteiger partial charge < -0.3 is 9.47 Å². The molecule has 3 aliphatic rings. The van der Waals surface area contributed by atoms with Gasteiger partial charge in [0.15, 0.2) is 0 Å². The van der Waals surface area contributed by atoms with Crippen molar-refractivity contribution in [3.63, 3.8) is 0 Å². The normalized spacial score (nSPS) is 51.2. The van der Waals surface area contributed by atoms with Crippen LogP contribution in [0.2, 0.25) is 0 Å². The molecule has 14 heavy (non-hydrogen) atoms. The smallest absolute Gasteiger partial charge is 0.309 e. The van der Waals surface area contributed by atoms with Gasteiger partial charge in [0.05, 0.1) is 13.0 Å². The van der Waals surface area contributed by atoms with Crippen LogP contribution in [0.3, 0.4) is 0 Å². The average Bonchev–Trinajstić information content (AvgIpc) is 2.58. The van der Waals surface area contributed by atoms with E-state index < -0.39 is 0 Å². The maximum atomic E-state index is 11.3. The predicted octanol–water partition coefficient (Wildman–Crippen LogP) is 1.65. The van der Waals surface area contributed by atoms with E-state index in [9.17, 15) is 4.79 Å². The van der Waals surface area contributed by atoms with Crippen molar-refractivity contribution in [2.75, 3.05) is 6.61 Å². The minimum Gasteiger partial charge on any atom is -0.456 e. The Balaban J connectivity index is 2.02. The molecule has 2 heterocycles. The molecule has 0 amide bonds. The molecule has 1 aliphatic carbocycles. The Morgan fingerprint density at radius 2 is 2.14 bits per heavy atom. The SMILES string of the molecule is CC12CCCC[C@]13OC(=O)C[C@@H]3OC2. The molecule has 0 N–H and O–H groups in total. The minimum atomic E-state index is -0.262. The summed E-state index contributed by atoms with van der Waals surface area (Å²) in [6.07, 6.45) is 5.06. The van der Waals surface area contributed by atoms with Gasteiger partial charge in [-0.3, -0.25) is 4.79 Å². The maximum Gasteiger partial charge on any atom is 0.309 e. The van der Waals surface area contributed by atoms with Crippen molar-refractivity contribution in [1.82, 2.24) is 0 Å². The van der Waals surface area contributed by atoms with Crippen molar-refractivity contribution >= 4 is 5.97 Å². The second-order valence-electron chi connectivity index (χ2n) is 5.14. The summed E-state index contributed by atoms with van der Waals surface area (Å²) >= 11 is 0. The van der Waals surface area contributed by atoms with Gasteiger partial charge in [0, 0.05) is 5.41 Å². The van der Waals surface area contributed by atoms with Crippen LogP contribution in [-0.2, 0) is 14.3 Å². The Morgan fingerprint density at radius 1 is 1.36 bits per heavy atom. The fourth-order valence-corrected chi connectivity index (χ4v) is 3.44. The summed E-state index contributed by atoms with van der Waals surface area (Å²) in [4.78, 5) is 11.3. The highest BCUT2D eigenvalue weighted by molar-refractivity contribution is 5.74. The number of hydrogen-bond donors (Lipinski definition) is 0. The van der Waals surface area contributed by atoms with E-state index in [0.29, 0.717) is 6.42 Å². The number of carbonyl (C=O) groups excluding carboxylic acids is 1. The summed E-state index contributed by atoms with van der Waals surface area (Å²) in [7, 11) is 0. The van der Waals surface area contributed by atoms with Gasteiger partial charge in [0.2, 0.25) is 0 Å². The Kier molecular flexibility index (Phi) is 1.56. The van der Waals surface area contributed by atoms with Crippen LogP contribution in [0.25, 0.3) is 0 Å². The first-order chi connectivity index (χ1) is 6.66. The minimum absolute atomic E-state index is 0.0419. The topological polar surface area (TPSA) is 35.5 Å². The molecule has 2 saturated heterocycles. The molecule has 0 aromatic carbocycles. The maximum absolute atomic E-state index is 11.3. The lowest BCUT2D eigenvalue weighted by Gasteiger charge is -2.43. The molecule has 0 bridgehead atoms. The second kappa shape index (κ2) is 2.51. The molecule has 3 rings (SSSR count). The average molecular weight is 196 g/mol. The van der Waals surface area contributed by atoms with Crippen LogP contribution in [0.15, 0.2) is 0 Å². The number of rotatable bonds is 0. The molecule has 1 spiro atoms. The van der Waals surface area contributed by atoms with E-state index in [-0.39, 0.29) is 23.1 Å². The van der Waals surface area contributed by atoms with Gasteiger partial charge in [0.1, 0.15) is 11.7 Å². The lowest BCUT2D eigenvalue weighted by molar-refractivity contribution is -0.162. The van der Waals surface area contributed by atoms with E-state index in [4.69, 9.17) is 9.47 Å². The zero-order valence-corrected chi connectivity index (χ0v) is 8.54. The third-order valence-electron chi connectivity index (χ3n) is 4.32. The van der Waals surface area contributed by atoms with Crippen LogP contribution < -0.4 is 0 Å². The van der Waals surface area contributed by atoms with Crippen LogP contribution in [0.1, 0.15) is 39.0 Å². The Bertz CT molecular complexity index is 284. The largest absolute Gasteiger partial charge is 0.456 e. The van der Waals surface area contributed by atoms with Gasteiger partial charge in [0.25, 0.3) is 0 Å². The van der Waals surface area contributed by atoms with Crippen molar-refractivity contribution in [3.05, 3.63) is 0 Å². The molecule has 0 aromatic rings. The highest BCUT2D eigenvalue weighted by Gasteiger charge is 2.65. The highest BCUT2D eigenvalue weighted by atomic mass is 16.6. The van der Waals surface area contributed by atoms with Crippen LogP contribution in [0, 0.1) is 5.41 Å². The zero-order valence-electron chi connectivity index (χ0n) is 8.54. The van der Waals surface area contributed by atoms with Crippen LogP contribution in [0.4, 0.5) is 0 Å². The lowest BCUT2D eigenvalue weighted by Crippen LogP contribution is -2.50. The first-order valence-corrected chi connectivity index (χ1v) is 5.50. The highest BCUT2D eigenvalue weighted by Crippen LogP contribution is 2.57. The first-order valence-electron chi connectivity index (χ1n) is 5.50. The van der Waals surface area contributed by atoms with Crippen LogP contribution >= 0.6 is 0 Å². The Morgan fingerprint density at radius 3 is 3.00 bits per heavy atom. The molecular weight excluding hydrogens is 180 g/mol. The molecule has 0 radical (unpaired) electrons. The third kappa shape index (κ3) is 0.842. The molecule has 78 valence electrons. The van der Waals surface area contributed by atoms with Gasteiger partial charge >= 0.3 is 5.97 Å². The van der Waals surface area contributed by atoms with E-state index in [2.05, 4.69) is 6.92 Å². The van der Waals surface area contributed by atoms with Crippen molar-refractivity contribution in [1.29, 1.82) is 0 Å². The van der Waals surface area contributed by atoms with Crippen molar-refractivity contribution < 1.29 is 14.3 Å². The summed E-state index contributed by atoms with van der Waals surface area (Å²) in [6, 6.07) is 0. The summed E-state index contributed by atoms with van der Waals surface area (Å²) < 4.78 is 11.4. The number of esters is 1. The molecule has 0 aromatic heterocycles. The molecule has 1 saturated carbocycles. The summed E-state index contributed by atoms with van der Waals surface area (Å²) in [5.41, 5.74) is -0.176. The molecule has 3 nitrogen and oxygen atoms in total. The fraction of sp³-hybridized carbons (Fsp3) is 0.909. The molecule has 1 unspecified atom stereocenters. The van der Waals surface area contributed by atoms with E-state index in [0.717, 1.165) is 19.4 Å². The standard InChI is InChI=1S/C11H16O3/c1-10-4-2-3-5-11(10)8(13-7-10)6-9(12)14-11/h8H,2-7H2,1H3/t8-,10?,11+/m0/s1. The molecule has 2 aliphatic heterocycles. The van der Waals surface area contributed by atoms with Gasteiger partial charge in [-0.1, -0.05) is 13.3 Å². The number of ether oxygens (including phenoxy) is 2. The van der Waals surface area contributed by atoms with E-state index in [1.807, 2.05) is 0 Å². The van der Waals surface area contributed by atoms with Gasteiger partial charge in [-0.05, 0) is 19.3 Å². The van der Waals surface area contributed by atoms with Crippen LogP contribution in [0.5, 0.6) is 0 Å². The van der Waals surface area contributed by atoms with Gasteiger partial charge in [-0.15, -0.1) is 0 Å². The first kappa shape index (κ1) is 8.72. The van der Waals surface area contributed by atoms with Crippen molar-refractivity contribution in [2.24, 2.45) is 5.41 Å². The number of carbonyl (C=O) groups is 1. The summed E-state index contributed by atoms with van der Waals surface area (Å²) in [6.45, 7) is 2.98. The number of hydrogen-bond acceptors (Lipinski definition) is 3. The van der Waals surface area contributed by atoms with Gasteiger partial charge in [-0.2, -0.15) is 0 Å². The van der Waals surface area contributed by atoms with Crippen LogP contribution in [-0.4, -0.2) is 24.3 Å². The van der Waals surface area contributed by atoms with Gasteiger partial charge in [-0.25, -0.2) is 0 Å². The van der Waals surface area contributed by atoms with E-state index in [1.165, 1.54) is 12.8 Å². The quantitative estimate of drug-likeness (QED) is 0.553. The second-order valence-corrected chi connectivity index (χ2v) is 5.14. The van der Waals surface area contributed by atoms with Crippen molar-refractivity contribution in [2.45, 2.75) is 50.7 Å². The molecule has 3 heteroatoms.